The van der Waals surface area contributed by atoms with E-state index in [-0.39, 0.29) is 11.8 Å². The Morgan fingerprint density at radius 2 is 1.79 bits per heavy atom. The molecule has 0 fully saturated rings. The molecular formula is C29H29N5O3S. The third kappa shape index (κ3) is 5.25. The zero-order valence-corrected chi connectivity index (χ0v) is 22.6. The molecule has 0 unspecified atom stereocenters. The molecule has 0 radical (unpaired) electrons. The van der Waals surface area contributed by atoms with Gasteiger partial charge in [0.25, 0.3) is 11.8 Å². The lowest BCUT2D eigenvalue weighted by Gasteiger charge is -2.17. The van der Waals surface area contributed by atoms with Crippen LogP contribution in [-0.2, 0) is 6.54 Å². The number of carbonyl (C=O) groups is 2. The van der Waals surface area contributed by atoms with Crippen molar-refractivity contribution >= 4 is 45.8 Å². The van der Waals surface area contributed by atoms with Gasteiger partial charge in [0.15, 0.2) is 0 Å². The lowest BCUT2D eigenvalue weighted by atomic mass is 10.2. The van der Waals surface area contributed by atoms with E-state index in [1.807, 2.05) is 80.2 Å². The smallest absolute Gasteiger partial charge is 0.268 e. The monoisotopic (exact) mass is 527 g/mol. The highest BCUT2D eigenvalue weighted by Crippen LogP contribution is 2.31. The lowest BCUT2D eigenvalue weighted by molar-refractivity contribution is 0.0991. The first-order valence-corrected chi connectivity index (χ1v) is 13.1. The van der Waals surface area contributed by atoms with Crippen LogP contribution in [0.3, 0.4) is 0 Å². The van der Waals surface area contributed by atoms with E-state index in [0.717, 1.165) is 34.1 Å². The number of nitrogens with zero attached hydrogens (tertiary/aromatic N) is 4. The Balaban J connectivity index is 1.44. The van der Waals surface area contributed by atoms with Crippen molar-refractivity contribution in [1.29, 1.82) is 0 Å². The largest absolute Gasteiger partial charge is 0.461 e. The topological polar surface area (TPSA) is 83.6 Å². The molecule has 0 saturated carbocycles. The summed E-state index contributed by atoms with van der Waals surface area (Å²) in [7, 11) is 5.75. The molecule has 9 heteroatoms. The van der Waals surface area contributed by atoms with Crippen LogP contribution in [0, 0.1) is 6.92 Å². The number of thiophene rings is 1. The van der Waals surface area contributed by atoms with Crippen LogP contribution < -0.4 is 10.2 Å². The molecule has 8 nitrogen and oxygen atoms in total. The fourth-order valence-electron chi connectivity index (χ4n) is 4.16. The number of likely N-dealkylation sites (N-methyl/N-ethyl adjacent to an activating group) is 1. The maximum absolute atomic E-state index is 13.2. The van der Waals surface area contributed by atoms with Gasteiger partial charge in [-0.25, -0.2) is 4.98 Å². The molecule has 0 aliphatic rings. The number of rotatable bonds is 8. The van der Waals surface area contributed by atoms with E-state index in [2.05, 4.69) is 10.2 Å². The number of aryl methyl sites for hydroxylation is 1. The normalized spacial score (nSPS) is 11.3. The Hall–Kier alpha value is -4.21. The number of anilines is 2. The highest BCUT2D eigenvalue weighted by atomic mass is 32.1. The minimum absolute atomic E-state index is 0.106. The summed E-state index contributed by atoms with van der Waals surface area (Å²) in [5, 5.41) is 3.00. The second-order valence-electron chi connectivity index (χ2n) is 9.32. The van der Waals surface area contributed by atoms with Gasteiger partial charge in [0.2, 0.25) is 5.95 Å². The minimum Gasteiger partial charge on any atom is -0.461 e. The van der Waals surface area contributed by atoms with E-state index in [1.54, 1.807) is 30.1 Å². The molecule has 5 rings (SSSR count). The first-order valence-electron chi connectivity index (χ1n) is 12.3. The van der Waals surface area contributed by atoms with E-state index in [0.29, 0.717) is 28.5 Å². The zero-order valence-electron chi connectivity index (χ0n) is 21.8. The van der Waals surface area contributed by atoms with Crippen LogP contribution in [0.1, 0.15) is 25.8 Å². The standard InChI is InChI=1S/C29H29N5O3S/c1-19-10-13-24(37-19)25-14-15-26(38-25)27(35)31-29-30-22-18-21(11-12-23(22)34(29)17-16-32(2)3)33(4)28(36)20-8-6-5-7-9-20/h5-15,18H,16-17H2,1-4H3,(H,30,31,35). The van der Waals surface area contributed by atoms with Gasteiger partial charge in [0.05, 0.1) is 20.8 Å². The molecule has 0 aliphatic carbocycles. The molecular weight excluding hydrogens is 498 g/mol. The third-order valence-corrected chi connectivity index (χ3v) is 7.35. The molecule has 38 heavy (non-hydrogen) atoms. The number of fused-ring (bicyclic) bond motifs is 1. The summed E-state index contributed by atoms with van der Waals surface area (Å²) in [5.41, 5.74) is 2.91. The van der Waals surface area contributed by atoms with Gasteiger partial charge >= 0.3 is 0 Å². The maximum atomic E-state index is 13.2. The summed E-state index contributed by atoms with van der Waals surface area (Å²) < 4.78 is 7.70. The molecule has 0 bridgehead atoms. The Labute approximate surface area is 225 Å². The van der Waals surface area contributed by atoms with Crippen molar-refractivity contribution in [3.63, 3.8) is 0 Å². The number of hydrogen-bond donors (Lipinski definition) is 1. The molecule has 2 aromatic carbocycles. The second kappa shape index (κ2) is 10.6. The Kier molecular flexibility index (Phi) is 7.13. The average Bonchev–Trinajstić information content (AvgIpc) is 3.65. The average molecular weight is 528 g/mol. The zero-order chi connectivity index (χ0) is 26.8. The predicted octanol–water partition coefficient (Wildman–Crippen LogP) is 5.76. The number of hydrogen-bond acceptors (Lipinski definition) is 6. The van der Waals surface area contributed by atoms with E-state index >= 15 is 0 Å². The second-order valence-corrected chi connectivity index (χ2v) is 10.4. The van der Waals surface area contributed by atoms with Crippen molar-refractivity contribution < 1.29 is 14.0 Å². The van der Waals surface area contributed by atoms with E-state index < -0.39 is 0 Å². The summed E-state index contributed by atoms with van der Waals surface area (Å²) in [5.74, 6) is 1.69. The number of nitrogens with one attached hydrogen (secondary N) is 1. The van der Waals surface area contributed by atoms with Crippen molar-refractivity contribution in [2.24, 2.45) is 0 Å². The number of furan rings is 1. The van der Waals surface area contributed by atoms with Gasteiger partial charge < -0.3 is 18.8 Å². The van der Waals surface area contributed by atoms with Gasteiger partial charge in [0.1, 0.15) is 11.5 Å². The molecule has 0 spiro atoms. The number of aromatic nitrogens is 2. The van der Waals surface area contributed by atoms with Gasteiger partial charge in [-0.15, -0.1) is 11.3 Å². The quantitative estimate of drug-likeness (QED) is 0.278. The van der Waals surface area contributed by atoms with Crippen LogP contribution in [-0.4, -0.2) is 54.0 Å². The van der Waals surface area contributed by atoms with Crippen LogP contribution in [0.25, 0.3) is 21.7 Å². The van der Waals surface area contributed by atoms with Crippen LogP contribution in [0.5, 0.6) is 0 Å². The molecule has 1 N–H and O–H groups in total. The predicted molar refractivity (Wildman–Crippen MR) is 152 cm³/mol. The highest BCUT2D eigenvalue weighted by molar-refractivity contribution is 7.17. The van der Waals surface area contributed by atoms with E-state index in [4.69, 9.17) is 9.40 Å². The Morgan fingerprint density at radius 3 is 2.50 bits per heavy atom. The van der Waals surface area contributed by atoms with Crippen LogP contribution in [0.4, 0.5) is 11.6 Å². The molecule has 5 aromatic rings. The van der Waals surface area contributed by atoms with Crippen molar-refractivity contribution in [1.82, 2.24) is 14.5 Å². The lowest BCUT2D eigenvalue weighted by Crippen LogP contribution is -2.26. The maximum Gasteiger partial charge on any atom is 0.268 e. The van der Waals surface area contributed by atoms with Gasteiger partial charge in [0, 0.05) is 31.4 Å². The van der Waals surface area contributed by atoms with E-state index in [9.17, 15) is 9.59 Å². The van der Waals surface area contributed by atoms with Crippen molar-refractivity contribution in [2.75, 3.05) is 37.9 Å². The first kappa shape index (κ1) is 25.4. The third-order valence-electron chi connectivity index (χ3n) is 6.25. The summed E-state index contributed by atoms with van der Waals surface area (Å²) in [6.45, 7) is 3.30. The van der Waals surface area contributed by atoms with Crippen molar-refractivity contribution in [3.8, 4) is 10.6 Å². The van der Waals surface area contributed by atoms with E-state index in [1.165, 1.54) is 11.3 Å². The molecule has 0 atom stereocenters. The van der Waals surface area contributed by atoms with Gasteiger partial charge in [-0.2, -0.15) is 0 Å². The summed E-state index contributed by atoms with van der Waals surface area (Å²) in [6, 6.07) is 22.4. The van der Waals surface area contributed by atoms with Crippen LogP contribution >= 0.6 is 11.3 Å². The fraction of sp³-hybridized carbons (Fsp3) is 0.207. The summed E-state index contributed by atoms with van der Waals surface area (Å²) >= 11 is 1.37. The molecule has 3 aromatic heterocycles. The first-order chi connectivity index (χ1) is 18.3. The van der Waals surface area contributed by atoms with Crippen LogP contribution in [0.2, 0.25) is 0 Å². The fourth-order valence-corrected chi connectivity index (χ4v) is 5.03. The number of amides is 2. The Bertz CT molecular complexity index is 1600. The summed E-state index contributed by atoms with van der Waals surface area (Å²) in [6.07, 6.45) is 0. The van der Waals surface area contributed by atoms with Gasteiger partial charge in [-0.1, -0.05) is 18.2 Å². The molecule has 0 saturated heterocycles. The van der Waals surface area contributed by atoms with Crippen molar-refractivity contribution in [3.05, 3.63) is 89.0 Å². The minimum atomic E-state index is -0.234. The van der Waals surface area contributed by atoms with Crippen LogP contribution in [0.15, 0.2) is 77.2 Å². The molecule has 194 valence electrons. The molecule has 0 aliphatic heterocycles. The molecule has 2 amide bonds. The number of carbonyl (C=O) groups excluding carboxylic acids is 2. The SMILES string of the molecule is Cc1ccc(-c2ccc(C(=O)Nc3nc4cc(N(C)C(=O)c5ccccc5)ccc4n3CCN(C)C)s2)o1. The summed E-state index contributed by atoms with van der Waals surface area (Å²) in [4.78, 5) is 36.1. The van der Waals surface area contributed by atoms with Crippen molar-refractivity contribution in [2.45, 2.75) is 13.5 Å². The number of imidazole rings is 1. The highest BCUT2D eigenvalue weighted by Gasteiger charge is 2.19. The number of benzene rings is 2. The van der Waals surface area contributed by atoms with Gasteiger partial charge in [-0.3, -0.25) is 14.9 Å². The van der Waals surface area contributed by atoms with Gasteiger partial charge in [-0.05, 0) is 75.6 Å². The Morgan fingerprint density at radius 1 is 1.00 bits per heavy atom. The molecule has 3 heterocycles.